The molecule has 2 aliphatic heterocycles. The second-order valence-electron chi connectivity index (χ2n) is 4.91. The summed E-state index contributed by atoms with van der Waals surface area (Å²) in [5.41, 5.74) is 0.333. The van der Waals surface area contributed by atoms with Crippen LogP contribution in [-0.2, 0) is 16.1 Å². The lowest BCUT2D eigenvalue weighted by Gasteiger charge is -2.24. The fourth-order valence-electron chi connectivity index (χ4n) is 2.37. The van der Waals surface area contributed by atoms with Gasteiger partial charge >= 0.3 is 0 Å². The molecule has 0 unspecified atom stereocenters. The molecule has 0 spiro atoms. The number of ether oxygens (including phenoxy) is 1. The standard InChI is InChI=1S/C12H18N4O3/c17-12(16-5-1-2-7-19-16)11-9-15(14-13-11)8-10-4-3-6-18-10/h9-10H,1-8H2/t10-/m0/s1. The SMILES string of the molecule is O=C(c1cn(C[C@@H]2CCCO2)nn1)N1CCCCO1. The number of nitrogens with zero attached hydrogens (tertiary/aromatic N) is 4. The summed E-state index contributed by atoms with van der Waals surface area (Å²) < 4.78 is 7.21. The van der Waals surface area contributed by atoms with Gasteiger partial charge in [-0.05, 0) is 25.7 Å². The van der Waals surface area contributed by atoms with Crippen LogP contribution in [0.1, 0.15) is 36.2 Å². The molecule has 0 aromatic carbocycles. The predicted molar refractivity (Wildman–Crippen MR) is 65.2 cm³/mol. The lowest BCUT2D eigenvalue weighted by Crippen LogP contribution is -2.35. The molecular weight excluding hydrogens is 248 g/mol. The minimum absolute atomic E-state index is 0.191. The van der Waals surface area contributed by atoms with Gasteiger partial charge < -0.3 is 4.74 Å². The van der Waals surface area contributed by atoms with Gasteiger partial charge in [0.2, 0.25) is 0 Å². The number of carbonyl (C=O) groups is 1. The van der Waals surface area contributed by atoms with Crippen molar-refractivity contribution in [2.45, 2.75) is 38.3 Å². The predicted octanol–water partition coefficient (Wildman–Crippen LogP) is 0.625. The molecule has 7 heteroatoms. The van der Waals surface area contributed by atoms with E-state index in [1.807, 2.05) is 0 Å². The van der Waals surface area contributed by atoms with Gasteiger partial charge in [0.15, 0.2) is 5.69 Å². The summed E-state index contributed by atoms with van der Waals surface area (Å²) in [6, 6.07) is 0. The first-order valence-corrected chi connectivity index (χ1v) is 6.79. The molecule has 0 bridgehead atoms. The summed E-state index contributed by atoms with van der Waals surface area (Å²) >= 11 is 0. The fraction of sp³-hybridized carbons (Fsp3) is 0.750. The molecule has 3 heterocycles. The highest BCUT2D eigenvalue weighted by molar-refractivity contribution is 5.91. The topological polar surface area (TPSA) is 69.5 Å². The maximum Gasteiger partial charge on any atom is 0.299 e. The molecule has 3 rings (SSSR count). The van der Waals surface area contributed by atoms with E-state index in [-0.39, 0.29) is 12.0 Å². The van der Waals surface area contributed by atoms with Crippen LogP contribution in [-0.4, -0.2) is 51.8 Å². The van der Waals surface area contributed by atoms with Crippen LogP contribution in [0.4, 0.5) is 0 Å². The molecule has 0 aliphatic carbocycles. The van der Waals surface area contributed by atoms with E-state index in [4.69, 9.17) is 9.57 Å². The Morgan fingerprint density at radius 1 is 1.37 bits per heavy atom. The molecule has 1 aromatic heterocycles. The number of hydrogen-bond acceptors (Lipinski definition) is 5. The highest BCUT2D eigenvalue weighted by atomic mass is 16.7. The molecule has 2 saturated heterocycles. The average Bonchev–Trinajstić information content (AvgIpc) is 3.11. The second-order valence-corrected chi connectivity index (χ2v) is 4.91. The van der Waals surface area contributed by atoms with Crippen molar-refractivity contribution in [1.82, 2.24) is 20.1 Å². The lowest BCUT2D eigenvalue weighted by molar-refractivity contribution is -0.144. The van der Waals surface area contributed by atoms with Crippen LogP contribution in [0.15, 0.2) is 6.20 Å². The summed E-state index contributed by atoms with van der Waals surface area (Å²) in [5.74, 6) is -0.210. The molecule has 0 N–H and O–H groups in total. The van der Waals surface area contributed by atoms with E-state index in [0.29, 0.717) is 25.4 Å². The quantitative estimate of drug-likeness (QED) is 0.802. The summed E-state index contributed by atoms with van der Waals surface area (Å²) in [6.45, 7) is 2.68. The maximum absolute atomic E-state index is 12.1. The van der Waals surface area contributed by atoms with E-state index < -0.39 is 0 Å². The van der Waals surface area contributed by atoms with E-state index in [9.17, 15) is 4.79 Å². The molecule has 19 heavy (non-hydrogen) atoms. The Morgan fingerprint density at radius 2 is 2.32 bits per heavy atom. The third-order valence-corrected chi connectivity index (χ3v) is 3.40. The molecule has 104 valence electrons. The Labute approximate surface area is 111 Å². The summed E-state index contributed by atoms with van der Waals surface area (Å²) in [4.78, 5) is 17.4. The number of aromatic nitrogens is 3. The minimum atomic E-state index is -0.210. The molecule has 1 aromatic rings. The smallest absolute Gasteiger partial charge is 0.299 e. The third kappa shape index (κ3) is 2.93. The van der Waals surface area contributed by atoms with Crippen molar-refractivity contribution in [2.75, 3.05) is 19.8 Å². The average molecular weight is 266 g/mol. The van der Waals surface area contributed by atoms with Crippen molar-refractivity contribution in [3.63, 3.8) is 0 Å². The molecule has 0 radical (unpaired) electrons. The van der Waals surface area contributed by atoms with Crippen molar-refractivity contribution in [1.29, 1.82) is 0 Å². The monoisotopic (exact) mass is 266 g/mol. The number of carbonyl (C=O) groups excluding carboxylic acids is 1. The Balaban J connectivity index is 1.61. The first-order valence-electron chi connectivity index (χ1n) is 6.79. The Hall–Kier alpha value is -1.47. The zero-order valence-corrected chi connectivity index (χ0v) is 10.8. The van der Waals surface area contributed by atoms with Crippen molar-refractivity contribution >= 4 is 5.91 Å². The lowest BCUT2D eigenvalue weighted by atomic mass is 10.2. The fourth-order valence-corrected chi connectivity index (χ4v) is 2.37. The minimum Gasteiger partial charge on any atom is -0.376 e. The number of rotatable bonds is 3. The zero-order valence-electron chi connectivity index (χ0n) is 10.8. The second kappa shape index (κ2) is 5.66. The van der Waals surface area contributed by atoms with Crippen molar-refractivity contribution in [3.8, 4) is 0 Å². The van der Waals surface area contributed by atoms with Crippen LogP contribution in [0.5, 0.6) is 0 Å². The van der Waals surface area contributed by atoms with Crippen LogP contribution >= 0.6 is 0 Å². The Bertz CT molecular complexity index is 436. The van der Waals surface area contributed by atoms with Gasteiger partial charge in [-0.2, -0.15) is 0 Å². The van der Waals surface area contributed by atoms with Crippen LogP contribution in [0.2, 0.25) is 0 Å². The summed E-state index contributed by atoms with van der Waals surface area (Å²) in [7, 11) is 0. The van der Waals surface area contributed by atoms with Gasteiger partial charge in [0, 0.05) is 13.2 Å². The third-order valence-electron chi connectivity index (χ3n) is 3.40. The molecule has 2 aliphatic rings. The van der Waals surface area contributed by atoms with Gasteiger partial charge in [-0.3, -0.25) is 9.63 Å². The normalized spacial score (nSPS) is 23.8. The number of hydroxylamine groups is 2. The number of hydrogen-bond donors (Lipinski definition) is 0. The molecule has 1 atom stereocenters. The molecular formula is C12H18N4O3. The van der Waals surface area contributed by atoms with Crippen molar-refractivity contribution < 1.29 is 14.4 Å². The highest BCUT2D eigenvalue weighted by Gasteiger charge is 2.23. The van der Waals surface area contributed by atoms with Gasteiger partial charge in [-0.25, -0.2) is 9.75 Å². The van der Waals surface area contributed by atoms with E-state index in [2.05, 4.69) is 10.3 Å². The molecule has 7 nitrogen and oxygen atoms in total. The van der Waals surface area contributed by atoms with E-state index in [0.717, 1.165) is 32.3 Å². The summed E-state index contributed by atoms with van der Waals surface area (Å²) in [5, 5.41) is 9.28. The Morgan fingerprint density at radius 3 is 3.05 bits per heavy atom. The highest BCUT2D eigenvalue weighted by Crippen LogP contribution is 2.14. The molecule has 0 saturated carbocycles. The first-order chi connectivity index (χ1) is 9.33. The van der Waals surface area contributed by atoms with Crippen LogP contribution < -0.4 is 0 Å². The van der Waals surface area contributed by atoms with Crippen LogP contribution in [0.25, 0.3) is 0 Å². The van der Waals surface area contributed by atoms with Gasteiger partial charge in [0.05, 0.1) is 25.5 Å². The maximum atomic E-state index is 12.1. The number of amides is 1. The van der Waals surface area contributed by atoms with Gasteiger partial charge in [0.25, 0.3) is 5.91 Å². The summed E-state index contributed by atoms with van der Waals surface area (Å²) in [6.07, 6.45) is 5.95. The molecule has 2 fully saturated rings. The van der Waals surface area contributed by atoms with E-state index in [1.165, 1.54) is 5.06 Å². The van der Waals surface area contributed by atoms with Crippen molar-refractivity contribution in [3.05, 3.63) is 11.9 Å². The zero-order chi connectivity index (χ0) is 13.1. The van der Waals surface area contributed by atoms with Gasteiger partial charge in [-0.15, -0.1) is 5.10 Å². The Kier molecular flexibility index (Phi) is 3.74. The van der Waals surface area contributed by atoms with Crippen LogP contribution in [0, 0.1) is 0 Å². The van der Waals surface area contributed by atoms with Gasteiger partial charge in [-0.1, -0.05) is 5.21 Å². The van der Waals surface area contributed by atoms with E-state index >= 15 is 0 Å². The molecule has 1 amide bonds. The van der Waals surface area contributed by atoms with E-state index in [1.54, 1.807) is 10.9 Å². The van der Waals surface area contributed by atoms with Crippen LogP contribution in [0.3, 0.4) is 0 Å². The largest absolute Gasteiger partial charge is 0.376 e. The van der Waals surface area contributed by atoms with Gasteiger partial charge in [0.1, 0.15) is 0 Å². The van der Waals surface area contributed by atoms with Crippen molar-refractivity contribution in [2.24, 2.45) is 0 Å². The first kappa shape index (κ1) is 12.6.